The average Bonchev–Trinajstić information content (AvgIpc) is 2.56. The molecule has 0 fully saturated rings. The van der Waals surface area contributed by atoms with E-state index in [1.54, 1.807) is 24.3 Å². The van der Waals surface area contributed by atoms with Gasteiger partial charge < -0.3 is 36.7 Å². The van der Waals surface area contributed by atoms with Crippen LogP contribution in [-0.2, 0) is 9.59 Å². The predicted octanol–water partition coefficient (Wildman–Crippen LogP) is -2.58. The Labute approximate surface area is 148 Å². The van der Waals surface area contributed by atoms with Crippen LogP contribution in [0.1, 0.15) is 36.8 Å². The van der Waals surface area contributed by atoms with Gasteiger partial charge in [-0.05, 0) is 49.0 Å². The predicted molar refractivity (Wildman–Crippen MR) is 92.1 cm³/mol. The number of carboxylic acid groups (broad SMARTS) is 2. The van der Waals surface area contributed by atoms with E-state index in [0.29, 0.717) is 11.1 Å². The lowest BCUT2D eigenvalue weighted by Crippen LogP contribution is -2.50. The van der Waals surface area contributed by atoms with Crippen LogP contribution in [0.2, 0.25) is 0 Å². The van der Waals surface area contributed by atoms with Crippen LogP contribution in [0.3, 0.4) is 0 Å². The monoisotopic (exact) mass is 352 g/mol. The number of hydrogen-bond acceptors (Lipinski definition) is 4. The molecule has 7 nitrogen and oxygen atoms in total. The first-order valence-corrected chi connectivity index (χ1v) is 7.96. The molecule has 0 saturated heterocycles. The van der Waals surface area contributed by atoms with Gasteiger partial charge in [-0.3, -0.25) is 0 Å². The SMILES string of the molecule is O.O=C([O-])/C=C/c1ccc(/C=C/C(=O)[O-])cc1.[NH3+]CCCCCC[NH3+]. The zero-order valence-corrected chi connectivity index (χ0v) is 14.4. The highest BCUT2D eigenvalue weighted by Crippen LogP contribution is 2.07. The summed E-state index contributed by atoms with van der Waals surface area (Å²) in [6, 6.07) is 6.64. The number of carbonyl (C=O) groups excluding carboxylic acids is 2. The van der Waals surface area contributed by atoms with Gasteiger partial charge in [0.05, 0.1) is 25.0 Å². The van der Waals surface area contributed by atoms with Gasteiger partial charge in [0.15, 0.2) is 0 Å². The van der Waals surface area contributed by atoms with Crippen LogP contribution in [0, 0.1) is 0 Å². The molecule has 0 unspecified atom stereocenters. The van der Waals surface area contributed by atoms with E-state index in [1.165, 1.54) is 37.8 Å². The van der Waals surface area contributed by atoms with E-state index in [0.717, 1.165) is 25.2 Å². The molecule has 0 atom stereocenters. The summed E-state index contributed by atoms with van der Waals surface area (Å²) in [5.74, 6) is -2.53. The Morgan fingerprint density at radius 1 is 0.760 bits per heavy atom. The summed E-state index contributed by atoms with van der Waals surface area (Å²) >= 11 is 0. The summed E-state index contributed by atoms with van der Waals surface area (Å²) in [5.41, 5.74) is 8.91. The molecule has 0 amide bonds. The Hall–Kier alpha value is -2.48. The Morgan fingerprint density at radius 3 is 1.32 bits per heavy atom. The van der Waals surface area contributed by atoms with E-state index in [-0.39, 0.29) is 5.48 Å². The molecule has 0 heterocycles. The van der Waals surface area contributed by atoms with E-state index in [1.807, 2.05) is 0 Å². The average molecular weight is 352 g/mol. The highest BCUT2D eigenvalue weighted by molar-refractivity contribution is 5.84. The third-order valence-electron chi connectivity index (χ3n) is 3.01. The van der Waals surface area contributed by atoms with Crippen molar-refractivity contribution in [2.24, 2.45) is 0 Å². The van der Waals surface area contributed by atoms with Gasteiger partial charge in [-0.1, -0.05) is 36.4 Å². The lowest BCUT2D eigenvalue weighted by atomic mass is 10.1. The Balaban J connectivity index is 0. The fraction of sp³-hybridized carbons (Fsp3) is 0.333. The van der Waals surface area contributed by atoms with Gasteiger partial charge in [-0.15, -0.1) is 0 Å². The van der Waals surface area contributed by atoms with E-state index in [9.17, 15) is 19.8 Å². The Bertz CT molecular complexity index is 490. The molecule has 0 radical (unpaired) electrons. The molecule has 140 valence electrons. The lowest BCUT2D eigenvalue weighted by Gasteiger charge is -1.97. The topological polar surface area (TPSA) is 167 Å². The maximum absolute atomic E-state index is 10.1. The summed E-state index contributed by atoms with van der Waals surface area (Å²) in [6.45, 7) is 2.19. The fourth-order valence-electron chi connectivity index (χ4n) is 1.75. The quantitative estimate of drug-likeness (QED) is 0.368. The van der Waals surface area contributed by atoms with Crippen molar-refractivity contribution in [3.63, 3.8) is 0 Å². The minimum Gasteiger partial charge on any atom is -0.545 e. The summed E-state index contributed by atoms with van der Waals surface area (Å²) in [5, 5.41) is 20.3. The zero-order valence-electron chi connectivity index (χ0n) is 14.4. The first kappa shape index (κ1) is 24.8. The van der Waals surface area contributed by atoms with Crippen molar-refractivity contribution in [3.05, 3.63) is 47.5 Å². The first-order valence-electron chi connectivity index (χ1n) is 7.96. The highest BCUT2D eigenvalue weighted by atomic mass is 16.4. The van der Waals surface area contributed by atoms with Crippen molar-refractivity contribution in [3.8, 4) is 0 Å². The molecule has 1 aromatic rings. The molecule has 8 N–H and O–H groups in total. The fourth-order valence-corrected chi connectivity index (χ4v) is 1.75. The smallest absolute Gasteiger partial charge is 0.0739 e. The van der Waals surface area contributed by atoms with E-state index >= 15 is 0 Å². The molecule has 1 aromatic carbocycles. The molecule has 0 spiro atoms. The van der Waals surface area contributed by atoms with Crippen molar-refractivity contribution in [2.45, 2.75) is 25.7 Å². The van der Waals surface area contributed by atoms with Crippen molar-refractivity contribution < 1.29 is 36.7 Å². The summed E-state index contributed by atoms with van der Waals surface area (Å²) in [6.07, 6.45) is 9.90. The summed E-state index contributed by atoms with van der Waals surface area (Å²) < 4.78 is 0. The van der Waals surface area contributed by atoms with Crippen molar-refractivity contribution in [2.75, 3.05) is 13.1 Å². The summed E-state index contributed by atoms with van der Waals surface area (Å²) in [4.78, 5) is 20.3. The number of carboxylic acids is 2. The number of unbranched alkanes of at least 4 members (excludes halogenated alkanes) is 3. The maximum Gasteiger partial charge on any atom is 0.0739 e. The largest absolute Gasteiger partial charge is 0.545 e. The van der Waals surface area contributed by atoms with Crippen LogP contribution in [-0.4, -0.2) is 30.5 Å². The summed E-state index contributed by atoms with van der Waals surface area (Å²) in [7, 11) is 0. The van der Waals surface area contributed by atoms with Gasteiger partial charge >= 0.3 is 0 Å². The Kier molecular flexibility index (Phi) is 16.2. The number of quaternary nitrogens is 2. The normalized spacial score (nSPS) is 10.2. The molecule has 25 heavy (non-hydrogen) atoms. The van der Waals surface area contributed by atoms with Crippen molar-refractivity contribution in [1.29, 1.82) is 0 Å². The molecular formula is C18H28N2O5. The van der Waals surface area contributed by atoms with Gasteiger partial charge in [0.2, 0.25) is 0 Å². The van der Waals surface area contributed by atoms with Gasteiger partial charge in [0.1, 0.15) is 0 Å². The van der Waals surface area contributed by atoms with Gasteiger partial charge in [0, 0.05) is 0 Å². The van der Waals surface area contributed by atoms with Crippen LogP contribution in [0.15, 0.2) is 36.4 Å². The van der Waals surface area contributed by atoms with Crippen LogP contribution in [0.4, 0.5) is 0 Å². The number of benzene rings is 1. The minimum absolute atomic E-state index is 0. The van der Waals surface area contributed by atoms with E-state index in [4.69, 9.17) is 0 Å². The minimum atomic E-state index is -1.26. The maximum atomic E-state index is 10.1. The molecular weight excluding hydrogens is 324 g/mol. The molecule has 0 aromatic heterocycles. The van der Waals surface area contributed by atoms with Gasteiger partial charge in [-0.25, -0.2) is 0 Å². The standard InChI is InChI=1S/C12H10O4.C6H16N2.H2O/c13-11(14)7-5-9-1-2-10(4-3-9)6-8-12(15)16;7-5-3-1-2-4-6-8;/h1-8H,(H,13,14)(H,15,16);1-8H2;1H2/b7-5+,8-6+;;. The second-order valence-corrected chi connectivity index (χ2v) is 5.09. The van der Waals surface area contributed by atoms with Crippen LogP contribution >= 0.6 is 0 Å². The van der Waals surface area contributed by atoms with Gasteiger partial charge in [-0.2, -0.15) is 0 Å². The number of rotatable bonds is 9. The molecule has 0 aliphatic carbocycles. The van der Waals surface area contributed by atoms with Crippen LogP contribution < -0.4 is 21.7 Å². The molecule has 1 rings (SSSR count). The third kappa shape index (κ3) is 16.2. The second-order valence-electron chi connectivity index (χ2n) is 5.09. The second kappa shape index (κ2) is 16.4. The first-order chi connectivity index (χ1) is 11.5. The van der Waals surface area contributed by atoms with Crippen LogP contribution in [0.25, 0.3) is 12.2 Å². The number of hydrogen-bond donors (Lipinski definition) is 2. The third-order valence-corrected chi connectivity index (χ3v) is 3.01. The zero-order chi connectivity index (χ0) is 18.2. The molecule has 0 aliphatic heterocycles. The van der Waals surface area contributed by atoms with Crippen molar-refractivity contribution >= 4 is 24.1 Å². The Morgan fingerprint density at radius 2 is 1.08 bits per heavy atom. The van der Waals surface area contributed by atoms with Gasteiger partial charge in [0.25, 0.3) is 0 Å². The van der Waals surface area contributed by atoms with E-state index < -0.39 is 11.9 Å². The number of aliphatic carboxylic acids is 2. The highest BCUT2D eigenvalue weighted by Gasteiger charge is 1.88. The molecule has 0 saturated carbocycles. The van der Waals surface area contributed by atoms with Crippen LogP contribution in [0.5, 0.6) is 0 Å². The van der Waals surface area contributed by atoms with Crippen molar-refractivity contribution in [1.82, 2.24) is 0 Å². The molecule has 7 heteroatoms. The molecule has 0 aliphatic rings. The number of carbonyl (C=O) groups is 2. The molecule has 0 bridgehead atoms. The lowest BCUT2D eigenvalue weighted by molar-refractivity contribution is -0.371. The van der Waals surface area contributed by atoms with E-state index in [2.05, 4.69) is 11.5 Å².